The van der Waals surface area contributed by atoms with Crippen molar-refractivity contribution in [3.05, 3.63) is 88.2 Å². The van der Waals surface area contributed by atoms with Gasteiger partial charge in [0.15, 0.2) is 5.16 Å². The first-order chi connectivity index (χ1) is 15.9. The van der Waals surface area contributed by atoms with Gasteiger partial charge in [0.2, 0.25) is 0 Å². The molecule has 0 unspecified atom stereocenters. The van der Waals surface area contributed by atoms with E-state index in [2.05, 4.69) is 15.5 Å². The first kappa shape index (κ1) is 22.1. The third kappa shape index (κ3) is 4.88. The lowest BCUT2D eigenvalue weighted by atomic mass is 10.2. The molecule has 166 valence electrons. The molecule has 0 radical (unpaired) electrons. The normalized spacial score (nSPS) is 11.2. The Morgan fingerprint density at radius 1 is 1.12 bits per heavy atom. The van der Waals surface area contributed by atoms with Crippen LogP contribution in [0.4, 0.5) is 0 Å². The minimum Gasteiger partial charge on any atom is -0.508 e. The van der Waals surface area contributed by atoms with Gasteiger partial charge in [-0.25, -0.2) is 10.4 Å². The second-order valence-electron chi connectivity index (χ2n) is 7.16. The third-order valence-electron chi connectivity index (χ3n) is 4.84. The van der Waals surface area contributed by atoms with Crippen molar-refractivity contribution in [2.75, 3.05) is 5.75 Å². The summed E-state index contributed by atoms with van der Waals surface area (Å²) in [6.07, 6.45) is 1.27. The van der Waals surface area contributed by atoms with Crippen LogP contribution in [-0.2, 0) is 4.79 Å². The van der Waals surface area contributed by atoms with Crippen LogP contribution in [0.1, 0.15) is 11.1 Å². The van der Waals surface area contributed by atoms with E-state index in [0.717, 1.165) is 17.3 Å². The first-order valence-corrected chi connectivity index (χ1v) is 11.0. The van der Waals surface area contributed by atoms with E-state index in [9.17, 15) is 19.8 Å². The van der Waals surface area contributed by atoms with Gasteiger partial charge >= 0.3 is 0 Å². The molecule has 0 saturated heterocycles. The fraction of sp³-hybridized carbons (Fsp3) is 0.0833. The number of carbonyl (C=O) groups is 1. The van der Waals surface area contributed by atoms with Crippen molar-refractivity contribution in [1.29, 1.82) is 0 Å². The largest absolute Gasteiger partial charge is 0.508 e. The predicted octanol–water partition coefficient (Wildman–Crippen LogP) is 3.35. The molecule has 0 bridgehead atoms. The van der Waals surface area contributed by atoms with E-state index >= 15 is 0 Å². The molecule has 0 atom stereocenters. The van der Waals surface area contributed by atoms with Gasteiger partial charge in [0.05, 0.1) is 28.6 Å². The van der Waals surface area contributed by atoms with Crippen LogP contribution in [-0.4, -0.2) is 37.6 Å². The number of fused-ring (bicyclic) bond motifs is 1. The lowest BCUT2D eigenvalue weighted by molar-refractivity contribution is -0.118. The van der Waals surface area contributed by atoms with Gasteiger partial charge in [0.1, 0.15) is 11.5 Å². The SMILES string of the molecule is Cc1ccccc1-n1c(SCC(=O)N/N=C\c2ccc(O)cc2O)nc2ccccc2c1=O. The number of aromatic hydroxyl groups is 2. The van der Waals surface area contributed by atoms with Crippen LogP contribution in [0.3, 0.4) is 0 Å². The minimum atomic E-state index is -0.409. The highest BCUT2D eigenvalue weighted by atomic mass is 32.2. The smallest absolute Gasteiger partial charge is 0.266 e. The van der Waals surface area contributed by atoms with Crippen molar-refractivity contribution in [2.24, 2.45) is 5.10 Å². The van der Waals surface area contributed by atoms with Gasteiger partial charge in [-0.3, -0.25) is 14.2 Å². The summed E-state index contributed by atoms with van der Waals surface area (Å²) >= 11 is 1.12. The molecule has 4 aromatic rings. The summed E-state index contributed by atoms with van der Waals surface area (Å²) < 4.78 is 1.52. The molecule has 3 N–H and O–H groups in total. The van der Waals surface area contributed by atoms with Crippen LogP contribution in [0.15, 0.2) is 81.8 Å². The van der Waals surface area contributed by atoms with Crippen LogP contribution in [0.5, 0.6) is 11.5 Å². The van der Waals surface area contributed by atoms with Gasteiger partial charge in [-0.15, -0.1) is 0 Å². The van der Waals surface area contributed by atoms with Gasteiger partial charge in [-0.05, 0) is 42.8 Å². The maximum Gasteiger partial charge on any atom is 0.266 e. The Morgan fingerprint density at radius 3 is 2.67 bits per heavy atom. The van der Waals surface area contributed by atoms with Crippen LogP contribution in [0, 0.1) is 6.92 Å². The molecule has 0 spiro atoms. The average molecular weight is 461 g/mol. The summed E-state index contributed by atoms with van der Waals surface area (Å²) in [6.45, 7) is 1.91. The van der Waals surface area contributed by atoms with Crippen LogP contribution >= 0.6 is 11.8 Å². The third-order valence-corrected chi connectivity index (χ3v) is 5.78. The van der Waals surface area contributed by atoms with E-state index in [-0.39, 0.29) is 22.8 Å². The topological polar surface area (TPSA) is 117 Å². The number of hydrazone groups is 1. The Kier molecular flexibility index (Phi) is 6.41. The van der Waals surface area contributed by atoms with Gasteiger partial charge in [0, 0.05) is 11.6 Å². The van der Waals surface area contributed by atoms with E-state index in [0.29, 0.717) is 27.3 Å². The van der Waals surface area contributed by atoms with Crippen molar-refractivity contribution >= 4 is 34.8 Å². The average Bonchev–Trinajstić information content (AvgIpc) is 2.80. The number of rotatable bonds is 6. The van der Waals surface area contributed by atoms with E-state index < -0.39 is 5.91 Å². The van der Waals surface area contributed by atoms with Crippen molar-refractivity contribution in [3.63, 3.8) is 0 Å². The quantitative estimate of drug-likeness (QED) is 0.176. The molecule has 1 heterocycles. The molecule has 0 fully saturated rings. The molecule has 0 aliphatic heterocycles. The molecule has 1 amide bonds. The molecular formula is C24H20N4O4S. The molecule has 1 aromatic heterocycles. The summed E-state index contributed by atoms with van der Waals surface area (Å²) in [7, 11) is 0. The lowest BCUT2D eigenvalue weighted by Gasteiger charge is -2.14. The number of benzene rings is 3. The number of nitrogens with zero attached hydrogens (tertiary/aromatic N) is 3. The van der Waals surface area contributed by atoms with Crippen molar-refractivity contribution < 1.29 is 15.0 Å². The molecule has 4 rings (SSSR count). The second kappa shape index (κ2) is 9.58. The van der Waals surface area contributed by atoms with Gasteiger partial charge in [0.25, 0.3) is 11.5 Å². The monoisotopic (exact) mass is 460 g/mol. The molecule has 3 aromatic carbocycles. The molecule has 33 heavy (non-hydrogen) atoms. The lowest BCUT2D eigenvalue weighted by Crippen LogP contribution is -2.24. The number of amides is 1. The first-order valence-electron chi connectivity index (χ1n) is 9.98. The maximum absolute atomic E-state index is 13.3. The molecule has 0 aliphatic rings. The number of phenolic OH excluding ortho intramolecular Hbond substituents is 2. The molecule has 8 nitrogen and oxygen atoms in total. The summed E-state index contributed by atoms with van der Waals surface area (Å²) in [5.41, 5.74) is 4.67. The number of carbonyl (C=O) groups excluding carboxylic acids is 1. The highest BCUT2D eigenvalue weighted by Gasteiger charge is 2.15. The van der Waals surface area contributed by atoms with Crippen LogP contribution in [0.25, 0.3) is 16.6 Å². The number of aromatic nitrogens is 2. The zero-order valence-corrected chi connectivity index (χ0v) is 18.4. The van der Waals surface area contributed by atoms with Crippen molar-refractivity contribution in [1.82, 2.24) is 15.0 Å². The Hall–Kier alpha value is -4.11. The molecule has 0 aliphatic carbocycles. The summed E-state index contributed by atoms with van der Waals surface area (Å²) in [5, 5.41) is 23.8. The number of para-hydroxylation sites is 2. The number of thioether (sulfide) groups is 1. The maximum atomic E-state index is 13.3. The van der Waals surface area contributed by atoms with Crippen molar-refractivity contribution in [3.8, 4) is 17.2 Å². The fourth-order valence-electron chi connectivity index (χ4n) is 3.21. The number of phenols is 2. The Morgan fingerprint density at radius 2 is 1.88 bits per heavy atom. The molecule has 0 saturated carbocycles. The van der Waals surface area contributed by atoms with Crippen LogP contribution in [0.2, 0.25) is 0 Å². The minimum absolute atomic E-state index is 0.0322. The van der Waals surface area contributed by atoms with E-state index in [1.807, 2.05) is 37.3 Å². The van der Waals surface area contributed by atoms with Crippen LogP contribution < -0.4 is 11.0 Å². The highest BCUT2D eigenvalue weighted by molar-refractivity contribution is 7.99. The summed E-state index contributed by atoms with van der Waals surface area (Å²) in [5.74, 6) is -0.679. The van der Waals surface area contributed by atoms with E-state index in [4.69, 9.17) is 0 Å². The fourth-order valence-corrected chi connectivity index (χ4v) is 4.01. The van der Waals surface area contributed by atoms with Gasteiger partial charge in [-0.2, -0.15) is 5.10 Å². The number of hydrogen-bond donors (Lipinski definition) is 3. The summed E-state index contributed by atoms with van der Waals surface area (Å²) in [6, 6.07) is 18.6. The Bertz CT molecular complexity index is 1430. The zero-order valence-electron chi connectivity index (χ0n) is 17.6. The second-order valence-corrected chi connectivity index (χ2v) is 8.11. The summed E-state index contributed by atoms with van der Waals surface area (Å²) in [4.78, 5) is 30.2. The number of nitrogens with one attached hydrogen (secondary N) is 1. The highest BCUT2D eigenvalue weighted by Crippen LogP contribution is 2.23. The number of hydrogen-bond acceptors (Lipinski definition) is 7. The Labute approximate surface area is 193 Å². The zero-order chi connectivity index (χ0) is 23.4. The predicted molar refractivity (Wildman–Crippen MR) is 128 cm³/mol. The van der Waals surface area contributed by atoms with Gasteiger partial charge < -0.3 is 10.2 Å². The Balaban J connectivity index is 1.57. The van der Waals surface area contributed by atoms with Crippen molar-refractivity contribution in [2.45, 2.75) is 12.1 Å². The number of aryl methyl sites for hydroxylation is 1. The van der Waals surface area contributed by atoms with E-state index in [1.165, 1.54) is 29.0 Å². The van der Waals surface area contributed by atoms with E-state index in [1.54, 1.807) is 18.2 Å². The standard InChI is InChI=1S/C24H20N4O4S/c1-15-6-2-5-9-20(15)28-23(32)18-7-3-4-8-19(18)26-24(28)33-14-22(31)27-25-13-16-10-11-17(29)12-21(16)30/h2-13,29-30H,14H2,1H3,(H,27,31)/b25-13-. The molecular weight excluding hydrogens is 440 g/mol. The van der Waals surface area contributed by atoms with Gasteiger partial charge in [-0.1, -0.05) is 42.1 Å². The molecule has 9 heteroatoms.